The van der Waals surface area contributed by atoms with Crippen LogP contribution < -0.4 is 9.64 Å². The zero-order valence-corrected chi connectivity index (χ0v) is 23.5. The summed E-state index contributed by atoms with van der Waals surface area (Å²) in [6.45, 7) is 10.5. The Morgan fingerprint density at radius 2 is 1.59 bits per heavy atom. The van der Waals surface area contributed by atoms with E-state index in [4.69, 9.17) is 4.74 Å². The maximum atomic E-state index is 13.9. The molecular weight excluding hydrogens is 480 g/mol. The highest BCUT2D eigenvalue weighted by atomic mass is 16.5. The van der Waals surface area contributed by atoms with E-state index < -0.39 is 0 Å². The Bertz CT molecular complexity index is 1510. The number of carbonyl (C=O) groups excluding carboxylic acids is 1. The molecule has 200 valence electrons. The number of benzene rings is 4. The minimum absolute atomic E-state index is 0.0526. The molecule has 2 heterocycles. The lowest BCUT2D eigenvalue weighted by molar-refractivity contribution is 0.0975. The average molecular weight is 519 g/mol. The first kappa shape index (κ1) is 25.6. The standard InChI is InChI=1S/C35H38N2O2/c1-34(2,3)29-13-9-25(10-14-29)23-36-19-17-35(18-20-36)24-37(32-16-15-30(39-4)22-31(32)35)33(38)28-12-11-26-7-5-6-8-27(26)21-28/h5-16,21-22H,17-20,23-24H2,1-4H3. The molecule has 1 spiro atoms. The maximum absolute atomic E-state index is 13.9. The quantitative estimate of drug-likeness (QED) is 0.283. The fourth-order valence-corrected chi connectivity index (χ4v) is 6.37. The van der Waals surface area contributed by atoms with Gasteiger partial charge in [-0.2, -0.15) is 0 Å². The Morgan fingerprint density at radius 3 is 2.28 bits per heavy atom. The van der Waals surface area contributed by atoms with Crippen molar-refractivity contribution in [3.8, 4) is 5.75 Å². The van der Waals surface area contributed by atoms with Crippen LogP contribution in [-0.4, -0.2) is 37.6 Å². The van der Waals surface area contributed by atoms with Crippen LogP contribution in [0.1, 0.15) is 60.7 Å². The third-order valence-electron chi connectivity index (χ3n) is 8.81. The minimum Gasteiger partial charge on any atom is -0.497 e. The Labute approximate surface area is 232 Å². The molecule has 1 fully saturated rings. The van der Waals surface area contributed by atoms with Crippen molar-refractivity contribution in [2.75, 3.05) is 31.6 Å². The van der Waals surface area contributed by atoms with Gasteiger partial charge in [-0.05, 0) is 89.1 Å². The number of piperidine rings is 1. The van der Waals surface area contributed by atoms with E-state index in [1.54, 1.807) is 7.11 Å². The smallest absolute Gasteiger partial charge is 0.258 e. The molecule has 0 saturated carbocycles. The Balaban J connectivity index is 1.23. The predicted octanol–water partition coefficient (Wildman–Crippen LogP) is 7.34. The summed E-state index contributed by atoms with van der Waals surface area (Å²) in [5.74, 6) is 0.930. The number of hydrogen-bond acceptors (Lipinski definition) is 3. The molecule has 0 aliphatic carbocycles. The fourth-order valence-electron chi connectivity index (χ4n) is 6.37. The Hall–Kier alpha value is -3.63. The normalized spacial score (nSPS) is 17.0. The molecule has 39 heavy (non-hydrogen) atoms. The van der Waals surface area contributed by atoms with Gasteiger partial charge in [-0.15, -0.1) is 0 Å². The zero-order chi connectivity index (χ0) is 27.2. The molecule has 6 rings (SSSR count). The van der Waals surface area contributed by atoms with Crippen molar-refractivity contribution in [3.63, 3.8) is 0 Å². The van der Waals surface area contributed by atoms with Gasteiger partial charge < -0.3 is 9.64 Å². The van der Waals surface area contributed by atoms with Gasteiger partial charge in [0.25, 0.3) is 5.91 Å². The van der Waals surface area contributed by atoms with Crippen LogP contribution >= 0.6 is 0 Å². The van der Waals surface area contributed by atoms with E-state index in [2.05, 4.69) is 80.3 Å². The van der Waals surface area contributed by atoms with Gasteiger partial charge in [-0.3, -0.25) is 9.69 Å². The average Bonchev–Trinajstić information content (AvgIpc) is 3.26. The van der Waals surface area contributed by atoms with Gasteiger partial charge in [0.15, 0.2) is 0 Å². The largest absolute Gasteiger partial charge is 0.497 e. The molecule has 4 aromatic carbocycles. The summed E-state index contributed by atoms with van der Waals surface area (Å²) in [4.78, 5) is 18.5. The molecule has 4 heteroatoms. The van der Waals surface area contributed by atoms with Crippen LogP contribution in [-0.2, 0) is 17.4 Å². The highest BCUT2D eigenvalue weighted by Crippen LogP contribution is 2.49. The summed E-state index contributed by atoms with van der Waals surface area (Å²) >= 11 is 0. The van der Waals surface area contributed by atoms with Crippen molar-refractivity contribution in [1.82, 2.24) is 4.90 Å². The van der Waals surface area contributed by atoms with E-state index in [1.807, 2.05) is 35.2 Å². The second-order valence-electron chi connectivity index (χ2n) is 12.3. The number of methoxy groups -OCH3 is 1. The zero-order valence-electron chi connectivity index (χ0n) is 23.5. The number of fused-ring (bicyclic) bond motifs is 3. The molecule has 4 aromatic rings. The van der Waals surface area contributed by atoms with Gasteiger partial charge in [0.1, 0.15) is 5.75 Å². The molecule has 0 atom stereocenters. The first-order chi connectivity index (χ1) is 18.8. The van der Waals surface area contributed by atoms with Crippen LogP contribution in [0, 0.1) is 0 Å². The van der Waals surface area contributed by atoms with Crippen LogP contribution in [0.5, 0.6) is 5.75 Å². The number of nitrogens with zero attached hydrogens (tertiary/aromatic N) is 2. The summed E-state index contributed by atoms with van der Waals surface area (Å²) in [7, 11) is 1.72. The number of hydrogen-bond donors (Lipinski definition) is 0. The maximum Gasteiger partial charge on any atom is 0.258 e. The van der Waals surface area contributed by atoms with Crippen LogP contribution in [0.15, 0.2) is 84.9 Å². The lowest BCUT2D eigenvalue weighted by Crippen LogP contribution is -2.45. The van der Waals surface area contributed by atoms with Gasteiger partial charge >= 0.3 is 0 Å². The van der Waals surface area contributed by atoms with Crippen LogP contribution in [0.3, 0.4) is 0 Å². The summed E-state index contributed by atoms with van der Waals surface area (Å²) in [6.07, 6.45) is 2.05. The molecule has 0 radical (unpaired) electrons. The summed E-state index contributed by atoms with van der Waals surface area (Å²) in [5.41, 5.74) is 5.87. The van der Waals surface area contributed by atoms with Gasteiger partial charge in [0.05, 0.1) is 7.11 Å². The minimum atomic E-state index is -0.0526. The third-order valence-corrected chi connectivity index (χ3v) is 8.81. The van der Waals surface area contributed by atoms with Crippen LogP contribution in [0.4, 0.5) is 5.69 Å². The fraction of sp³-hybridized carbons (Fsp3) is 0.343. The molecule has 1 amide bonds. The monoisotopic (exact) mass is 518 g/mol. The van der Waals surface area contributed by atoms with E-state index in [9.17, 15) is 4.79 Å². The van der Waals surface area contributed by atoms with Gasteiger partial charge in [-0.1, -0.05) is 75.4 Å². The number of rotatable bonds is 4. The molecule has 4 nitrogen and oxygen atoms in total. The highest BCUT2D eigenvalue weighted by molar-refractivity contribution is 6.09. The van der Waals surface area contributed by atoms with E-state index in [1.165, 1.54) is 16.7 Å². The van der Waals surface area contributed by atoms with E-state index in [0.29, 0.717) is 0 Å². The molecule has 0 aromatic heterocycles. The number of amides is 1. The lowest BCUT2D eigenvalue weighted by Gasteiger charge is -2.40. The molecular formula is C35H38N2O2. The van der Waals surface area contributed by atoms with Crippen molar-refractivity contribution >= 4 is 22.4 Å². The predicted molar refractivity (Wildman–Crippen MR) is 160 cm³/mol. The summed E-state index contributed by atoms with van der Waals surface area (Å²) in [6, 6.07) is 29.6. The number of anilines is 1. The second kappa shape index (κ2) is 9.84. The van der Waals surface area contributed by atoms with Crippen molar-refractivity contribution in [3.05, 3.63) is 107 Å². The van der Waals surface area contributed by atoms with E-state index in [-0.39, 0.29) is 16.7 Å². The van der Waals surface area contributed by atoms with Crippen LogP contribution in [0.25, 0.3) is 10.8 Å². The van der Waals surface area contributed by atoms with Crippen molar-refractivity contribution in [2.45, 2.75) is 51.0 Å². The van der Waals surface area contributed by atoms with Crippen molar-refractivity contribution < 1.29 is 9.53 Å². The first-order valence-corrected chi connectivity index (χ1v) is 14.1. The highest BCUT2D eigenvalue weighted by Gasteiger charge is 2.46. The van der Waals surface area contributed by atoms with Crippen LogP contribution in [0.2, 0.25) is 0 Å². The molecule has 0 N–H and O–H groups in total. The summed E-state index contributed by atoms with van der Waals surface area (Å²) in [5, 5.41) is 2.24. The molecule has 1 saturated heterocycles. The van der Waals surface area contributed by atoms with Gasteiger partial charge in [0, 0.05) is 29.8 Å². The molecule has 0 bridgehead atoms. The number of ether oxygens (including phenoxy) is 1. The Kier molecular flexibility index (Phi) is 6.47. The third kappa shape index (κ3) is 4.83. The number of likely N-dealkylation sites (tertiary alicyclic amines) is 1. The molecule has 2 aliphatic rings. The lowest BCUT2D eigenvalue weighted by atomic mass is 9.74. The van der Waals surface area contributed by atoms with Crippen molar-refractivity contribution in [2.24, 2.45) is 0 Å². The Morgan fingerprint density at radius 1 is 0.872 bits per heavy atom. The first-order valence-electron chi connectivity index (χ1n) is 14.1. The second-order valence-corrected chi connectivity index (χ2v) is 12.3. The van der Waals surface area contributed by atoms with E-state index >= 15 is 0 Å². The topological polar surface area (TPSA) is 32.8 Å². The molecule has 0 unspecified atom stereocenters. The van der Waals surface area contributed by atoms with Crippen molar-refractivity contribution in [1.29, 1.82) is 0 Å². The SMILES string of the molecule is COc1ccc2c(c1)C1(CCN(Cc3ccc(C(C)(C)C)cc3)CC1)CN2C(=O)c1ccc2ccccc2c1. The van der Waals surface area contributed by atoms with Gasteiger partial charge in [-0.25, -0.2) is 0 Å². The molecule has 2 aliphatic heterocycles. The number of carbonyl (C=O) groups is 1. The van der Waals surface area contributed by atoms with Gasteiger partial charge in [0.2, 0.25) is 0 Å². The summed E-state index contributed by atoms with van der Waals surface area (Å²) < 4.78 is 5.62. The van der Waals surface area contributed by atoms with E-state index in [0.717, 1.165) is 66.8 Å².